The summed E-state index contributed by atoms with van der Waals surface area (Å²) in [6, 6.07) is 7.96. The number of anilines is 1. The van der Waals surface area contributed by atoms with Gasteiger partial charge in [0.05, 0.1) is 0 Å². The monoisotopic (exact) mass is 286 g/mol. The Balaban J connectivity index is 0.00000162. The van der Waals surface area contributed by atoms with Gasteiger partial charge in [-0.25, -0.2) is 0 Å². The van der Waals surface area contributed by atoms with Crippen molar-refractivity contribution in [3.63, 3.8) is 0 Å². The second-order valence-electron chi connectivity index (χ2n) is 4.34. The molecule has 1 unspecified atom stereocenters. The van der Waals surface area contributed by atoms with E-state index in [1.807, 2.05) is 30.5 Å². The number of carbonyl (C=O) groups excluding carboxylic acids is 1. The zero-order valence-electron chi connectivity index (χ0n) is 10.4. The van der Waals surface area contributed by atoms with Crippen LogP contribution in [-0.4, -0.2) is 25.3 Å². The van der Waals surface area contributed by atoms with Gasteiger partial charge in [-0.15, -0.1) is 24.2 Å². The molecule has 2 rings (SSSR count). The lowest BCUT2D eigenvalue weighted by molar-refractivity contribution is -0.116. The number of nitrogens with one attached hydrogen (secondary N) is 2. The molecule has 1 atom stereocenters. The lowest BCUT2D eigenvalue weighted by Gasteiger charge is -2.09. The molecule has 0 aromatic heterocycles. The minimum atomic E-state index is 0. The number of halogens is 1. The minimum absolute atomic E-state index is 0. The molecular formula is C13H19ClN2OS. The standard InChI is InChI=1S/C13H18N2OS.ClH/c1-17-12-4-2-3-11(8-12)15-13(16)7-10-5-6-14-9-10;/h2-4,8,10,14H,5-7,9H2,1H3,(H,15,16);1H. The molecule has 0 aliphatic carbocycles. The van der Waals surface area contributed by atoms with Crippen LogP contribution < -0.4 is 10.6 Å². The summed E-state index contributed by atoms with van der Waals surface area (Å²) in [4.78, 5) is 13.0. The Bertz CT molecular complexity index is 394. The van der Waals surface area contributed by atoms with Gasteiger partial charge in [0, 0.05) is 17.0 Å². The van der Waals surface area contributed by atoms with Gasteiger partial charge in [-0.3, -0.25) is 4.79 Å². The highest BCUT2D eigenvalue weighted by Crippen LogP contribution is 2.20. The van der Waals surface area contributed by atoms with Crippen LogP contribution in [0.5, 0.6) is 0 Å². The number of thioether (sulfide) groups is 1. The van der Waals surface area contributed by atoms with Crippen molar-refractivity contribution in [1.82, 2.24) is 5.32 Å². The van der Waals surface area contributed by atoms with Gasteiger partial charge >= 0.3 is 0 Å². The maximum Gasteiger partial charge on any atom is 0.224 e. The Hall–Kier alpha value is -0.710. The molecule has 1 aliphatic heterocycles. The zero-order chi connectivity index (χ0) is 12.1. The molecule has 1 saturated heterocycles. The van der Waals surface area contributed by atoms with Crippen molar-refractivity contribution in [1.29, 1.82) is 0 Å². The van der Waals surface area contributed by atoms with Crippen molar-refractivity contribution in [3.8, 4) is 0 Å². The topological polar surface area (TPSA) is 41.1 Å². The molecule has 1 fully saturated rings. The fourth-order valence-electron chi connectivity index (χ4n) is 2.06. The smallest absolute Gasteiger partial charge is 0.224 e. The van der Waals surface area contributed by atoms with Crippen LogP contribution in [0, 0.1) is 5.92 Å². The molecule has 18 heavy (non-hydrogen) atoms. The van der Waals surface area contributed by atoms with Gasteiger partial charge in [-0.05, 0) is 49.9 Å². The first-order valence-corrected chi connectivity index (χ1v) is 7.15. The third-order valence-electron chi connectivity index (χ3n) is 2.99. The number of carbonyl (C=O) groups is 1. The molecule has 100 valence electrons. The van der Waals surface area contributed by atoms with E-state index >= 15 is 0 Å². The first kappa shape index (κ1) is 15.3. The molecule has 2 N–H and O–H groups in total. The summed E-state index contributed by atoms with van der Waals surface area (Å²) in [5.41, 5.74) is 0.896. The van der Waals surface area contributed by atoms with E-state index in [1.165, 1.54) is 4.90 Å². The maximum absolute atomic E-state index is 11.8. The fourth-order valence-corrected chi connectivity index (χ4v) is 2.52. The highest BCUT2D eigenvalue weighted by Gasteiger charge is 2.17. The Morgan fingerprint density at radius 2 is 2.39 bits per heavy atom. The Morgan fingerprint density at radius 1 is 1.56 bits per heavy atom. The molecule has 3 nitrogen and oxygen atoms in total. The van der Waals surface area contributed by atoms with E-state index in [-0.39, 0.29) is 18.3 Å². The molecule has 5 heteroatoms. The minimum Gasteiger partial charge on any atom is -0.326 e. The predicted octanol–water partition coefficient (Wildman–Crippen LogP) is 2.77. The lowest BCUT2D eigenvalue weighted by atomic mass is 10.0. The Morgan fingerprint density at radius 3 is 3.06 bits per heavy atom. The van der Waals surface area contributed by atoms with Gasteiger partial charge in [0.2, 0.25) is 5.91 Å². The van der Waals surface area contributed by atoms with Gasteiger partial charge in [0.25, 0.3) is 0 Å². The third-order valence-corrected chi connectivity index (χ3v) is 3.72. The molecule has 0 radical (unpaired) electrons. The van der Waals surface area contributed by atoms with Crippen molar-refractivity contribution in [3.05, 3.63) is 24.3 Å². The van der Waals surface area contributed by atoms with Crippen LogP contribution in [0.4, 0.5) is 5.69 Å². The van der Waals surface area contributed by atoms with Crippen LogP contribution in [0.1, 0.15) is 12.8 Å². The number of benzene rings is 1. The number of rotatable bonds is 4. The predicted molar refractivity (Wildman–Crippen MR) is 79.7 cm³/mol. The number of hydrogen-bond acceptors (Lipinski definition) is 3. The van der Waals surface area contributed by atoms with Gasteiger partial charge in [0.1, 0.15) is 0 Å². The summed E-state index contributed by atoms with van der Waals surface area (Å²) in [6.45, 7) is 2.01. The molecule has 1 heterocycles. The van der Waals surface area contributed by atoms with Crippen LogP contribution in [0.25, 0.3) is 0 Å². The zero-order valence-corrected chi connectivity index (χ0v) is 12.1. The average molecular weight is 287 g/mol. The molecular weight excluding hydrogens is 268 g/mol. The van der Waals surface area contributed by atoms with Crippen LogP contribution in [0.3, 0.4) is 0 Å². The average Bonchev–Trinajstić information content (AvgIpc) is 2.82. The molecule has 0 bridgehead atoms. The summed E-state index contributed by atoms with van der Waals surface area (Å²) in [5.74, 6) is 0.621. The first-order valence-electron chi connectivity index (χ1n) is 5.92. The number of amides is 1. The Labute approximate surface area is 119 Å². The van der Waals surface area contributed by atoms with Crippen molar-refractivity contribution in [2.45, 2.75) is 17.7 Å². The van der Waals surface area contributed by atoms with E-state index < -0.39 is 0 Å². The second-order valence-corrected chi connectivity index (χ2v) is 5.22. The van der Waals surface area contributed by atoms with E-state index in [4.69, 9.17) is 0 Å². The second kappa shape index (κ2) is 7.67. The van der Waals surface area contributed by atoms with Crippen LogP contribution >= 0.6 is 24.2 Å². The summed E-state index contributed by atoms with van der Waals surface area (Å²) < 4.78 is 0. The van der Waals surface area contributed by atoms with Crippen LogP contribution in [0.2, 0.25) is 0 Å². The molecule has 1 aliphatic rings. The fraction of sp³-hybridized carbons (Fsp3) is 0.462. The van der Waals surface area contributed by atoms with E-state index in [0.717, 1.165) is 25.2 Å². The van der Waals surface area contributed by atoms with Crippen molar-refractivity contribution < 1.29 is 4.79 Å². The lowest BCUT2D eigenvalue weighted by Crippen LogP contribution is -2.18. The van der Waals surface area contributed by atoms with E-state index in [9.17, 15) is 4.79 Å². The largest absolute Gasteiger partial charge is 0.326 e. The number of hydrogen-bond donors (Lipinski definition) is 2. The van der Waals surface area contributed by atoms with Gasteiger partial charge in [-0.1, -0.05) is 6.07 Å². The first-order chi connectivity index (χ1) is 8.28. The Kier molecular flexibility index (Phi) is 6.54. The van der Waals surface area contributed by atoms with Gasteiger partial charge in [0.15, 0.2) is 0 Å². The summed E-state index contributed by atoms with van der Waals surface area (Å²) in [7, 11) is 0. The highest BCUT2D eigenvalue weighted by atomic mass is 35.5. The molecule has 0 saturated carbocycles. The van der Waals surface area contributed by atoms with Crippen LogP contribution in [-0.2, 0) is 4.79 Å². The highest BCUT2D eigenvalue weighted by molar-refractivity contribution is 7.98. The molecule has 1 amide bonds. The summed E-state index contributed by atoms with van der Waals surface area (Å²) in [6.07, 6.45) is 3.76. The summed E-state index contributed by atoms with van der Waals surface area (Å²) >= 11 is 1.68. The van der Waals surface area contributed by atoms with Crippen LogP contribution in [0.15, 0.2) is 29.2 Å². The van der Waals surface area contributed by atoms with Crippen molar-refractivity contribution in [2.24, 2.45) is 5.92 Å². The molecule has 1 aromatic carbocycles. The SMILES string of the molecule is CSc1cccc(NC(=O)CC2CCNC2)c1.Cl. The maximum atomic E-state index is 11.8. The third kappa shape index (κ3) is 4.52. The van der Waals surface area contributed by atoms with Gasteiger partial charge < -0.3 is 10.6 Å². The van der Waals surface area contributed by atoms with Crippen molar-refractivity contribution >= 4 is 35.8 Å². The normalized spacial score (nSPS) is 18.2. The molecule has 1 aromatic rings. The van der Waals surface area contributed by atoms with E-state index in [0.29, 0.717) is 12.3 Å². The quantitative estimate of drug-likeness (QED) is 0.836. The molecule has 0 spiro atoms. The van der Waals surface area contributed by atoms with E-state index in [2.05, 4.69) is 10.6 Å². The summed E-state index contributed by atoms with van der Waals surface area (Å²) in [5, 5.41) is 6.24. The van der Waals surface area contributed by atoms with Gasteiger partial charge in [-0.2, -0.15) is 0 Å². The van der Waals surface area contributed by atoms with Crippen molar-refractivity contribution in [2.75, 3.05) is 24.7 Å². The van der Waals surface area contributed by atoms with E-state index in [1.54, 1.807) is 11.8 Å².